The summed E-state index contributed by atoms with van der Waals surface area (Å²) in [5.74, 6) is 0.694. The van der Waals surface area contributed by atoms with Crippen LogP contribution in [0.3, 0.4) is 0 Å². The van der Waals surface area contributed by atoms with Gasteiger partial charge in [-0.3, -0.25) is 4.79 Å². The average Bonchev–Trinajstić information content (AvgIpc) is 2.92. The Morgan fingerprint density at radius 2 is 1.54 bits per heavy atom. The zero-order chi connectivity index (χ0) is 28.7. The molecule has 0 unspecified atom stereocenters. The van der Waals surface area contributed by atoms with Crippen molar-refractivity contribution in [1.82, 2.24) is 4.57 Å². The largest absolute Gasteiger partial charge is 0.496 e. The van der Waals surface area contributed by atoms with E-state index in [2.05, 4.69) is 9.47 Å². The van der Waals surface area contributed by atoms with Gasteiger partial charge in [-0.1, -0.05) is 6.07 Å². The summed E-state index contributed by atoms with van der Waals surface area (Å²) in [6.45, 7) is 5.50. The zero-order valence-corrected chi connectivity index (χ0v) is 23.0. The highest BCUT2D eigenvalue weighted by Gasteiger charge is 2.35. The van der Waals surface area contributed by atoms with Gasteiger partial charge in [-0.15, -0.1) is 0 Å². The van der Waals surface area contributed by atoms with Crippen molar-refractivity contribution >= 4 is 0 Å². The summed E-state index contributed by atoms with van der Waals surface area (Å²) in [6, 6.07) is 9.12. The third-order valence-corrected chi connectivity index (χ3v) is 6.41. The summed E-state index contributed by atoms with van der Waals surface area (Å²) in [5, 5.41) is 0. The van der Waals surface area contributed by atoms with Crippen molar-refractivity contribution in [3.63, 3.8) is 0 Å². The van der Waals surface area contributed by atoms with Gasteiger partial charge in [0.1, 0.15) is 17.2 Å². The fourth-order valence-electron chi connectivity index (χ4n) is 4.55. The first-order valence-corrected chi connectivity index (χ1v) is 12.4. The highest BCUT2D eigenvalue weighted by molar-refractivity contribution is 5.81. The molecule has 3 aromatic rings. The van der Waals surface area contributed by atoms with Gasteiger partial charge in [0, 0.05) is 43.5 Å². The SMILES string of the molecule is CCOc1ccc(-c2cc3c(cc2OC)-c2c(C)c(OC)cc(=O)n2CC3)cc1C(F)(F)F.COCCOC. The van der Waals surface area contributed by atoms with Gasteiger partial charge >= 0.3 is 6.18 Å². The first-order chi connectivity index (χ1) is 18.6. The molecule has 2 aromatic carbocycles. The number of methoxy groups -OCH3 is 4. The molecule has 0 N–H and O–H groups in total. The maximum atomic E-state index is 13.7. The number of aryl methyl sites for hydroxylation is 1. The number of hydrogen-bond acceptors (Lipinski definition) is 6. The Hall–Kier alpha value is -3.50. The van der Waals surface area contributed by atoms with Gasteiger partial charge in [-0.2, -0.15) is 13.2 Å². The van der Waals surface area contributed by atoms with E-state index in [9.17, 15) is 18.0 Å². The van der Waals surface area contributed by atoms with Crippen LogP contribution in [0.25, 0.3) is 22.4 Å². The van der Waals surface area contributed by atoms with E-state index in [4.69, 9.17) is 14.2 Å². The lowest BCUT2D eigenvalue weighted by molar-refractivity contribution is -0.138. The van der Waals surface area contributed by atoms with Crippen LogP contribution in [0.1, 0.15) is 23.6 Å². The topological polar surface area (TPSA) is 68.2 Å². The lowest BCUT2D eigenvalue weighted by Gasteiger charge is -2.26. The van der Waals surface area contributed by atoms with Crippen molar-refractivity contribution in [2.75, 3.05) is 48.3 Å². The van der Waals surface area contributed by atoms with E-state index in [0.29, 0.717) is 48.8 Å². The maximum Gasteiger partial charge on any atom is 0.419 e. The summed E-state index contributed by atoms with van der Waals surface area (Å²) < 4.78 is 68.2. The molecule has 2 heterocycles. The van der Waals surface area contributed by atoms with Gasteiger partial charge in [0.05, 0.1) is 45.3 Å². The number of hydrogen-bond donors (Lipinski definition) is 0. The van der Waals surface area contributed by atoms with E-state index in [1.54, 1.807) is 37.8 Å². The van der Waals surface area contributed by atoms with Crippen molar-refractivity contribution < 1.29 is 36.9 Å². The predicted octanol–water partition coefficient (Wildman–Crippen LogP) is 5.76. The van der Waals surface area contributed by atoms with E-state index < -0.39 is 11.7 Å². The monoisotopic (exact) mass is 549 g/mol. The molecule has 212 valence electrons. The van der Waals surface area contributed by atoms with Crippen LogP contribution in [0, 0.1) is 6.92 Å². The van der Waals surface area contributed by atoms with Gasteiger partial charge in [0.2, 0.25) is 0 Å². The number of benzene rings is 2. The Bertz CT molecular complexity index is 1350. The molecule has 39 heavy (non-hydrogen) atoms. The van der Waals surface area contributed by atoms with Crippen LogP contribution < -0.4 is 19.8 Å². The van der Waals surface area contributed by atoms with Crippen molar-refractivity contribution in [3.8, 4) is 39.6 Å². The Kier molecular flexibility index (Phi) is 10.0. The van der Waals surface area contributed by atoms with Gasteiger partial charge < -0.3 is 28.3 Å². The highest BCUT2D eigenvalue weighted by atomic mass is 19.4. The molecule has 0 atom stereocenters. The summed E-state index contributed by atoms with van der Waals surface area (Å²) >= 11 is 0. The molecule has 1 aliphatic heterocycles. The van der Waals surface area contributed by atoms with Crippen LogP contribution >= 0.6 is 0 Å². The average molecular weight is 550 g/mol. The van der Waals surface area contributed by atoms with E-state index in [1.165, 1.54) is 26.4 Å². The Morgan fingerprint density at radius 3 is 2.10 bits per heavy atom. The zero-order valence-electron chi connectivity index (χ0n) is 23.0. The van der Waals surface area contributed by atoms with Gasteiger partial charge in [-0.25, -0.2) is 0 Å². The molecule has 1 aromatic heterocycles. The molecule has 4 rings (SSSR count). The van der Waals surface area contributed by atoms with Gasteiger partial charge in [0.15, 0.2) is 0 Å². The summed E-state index contributed by atoms with van der Waals surface area (Å²) in [7, 11) is 6.28. The van der Waals surface area contributed by atoms with Crippen molar-refractivity contribution in [2.45, 2.75) is 33.0 Å². The number of alkyl halides is 3. The first-order valence-electron chi connectivity index (χ1n) is 12.4. The van der Waals surface area contributed by atoms with E-state index in [0.717, 1.165) is 28.5 Å². The van der Waals surface area contributed by atoms with Crippen molar-refractivity contribution in [2.24, 2.45) is 0 Å². The molecular formula is C29H34F3NO6. The normalized spacial score (nSPS) is 12.1. The number of pyridine rings is 1. The number of aromatic nitrogens is 1. The minimum atomic E-state index is -4.56. The number of ether oxygens (including phenoxy) is 5. The number of fused-ring (bicyclic) bond motifs is 3. The smallest absolute Gasteiger partial charge is 0.419 e. The highest BCUT2D eigenvalue weighted by Crippen LogP contribution is 2.44. The lowest BCUT2D eigenvalue weighted by atomic mass is 9.90. The Balaban J connectivity index is 0.000000631. The van der Waals surface area contributed by atoms with Crippen LogP contribution in [0.5, 0.6) is 17.2 Å². The van der Waals surface area contributed by atoms with E-state index in [-0.39, 0.29) is 17.9 Å². The van der Waals surface area contributed by atoms with E-state index >= 15 is 0 Å². The van der Waals surface area contributed by atoms with Crippen LogP contribution in [0.4, 0.5) is 13.2 Å². The van der Waals surface area contributed by atoms with Crippen LogP contribution in [-0.2, 0) is 28.6 Å². The lowest BCUT2D eigenvalue weighted by Crippen LogP contribution is -2.26. The molecule has 1 aliphatic rings. The third kappa shape index (κ3) is 6.57. The van der Waals surface area contributed by atoms with Crippen LogP contribution in [0.2, 0.25) is 0 Å². The van der Waals surface area contributed by atoms with Gasteiger partial charge in [-0.05, 0) is 55.7 Å². The number of nitrogens with zero attached hydrogens (tertiary/aromatic N) is 1. The summed E-state index contributed by atoms with van der Waals surface area (Å²) in [5.41, 5.74) is 3.18. The molecule has 0 fully saturated rings. The third-order valence-electron chi connectivity index (χ3n) is 6.41. The molecule has 10 heteroatoms. The maximum absolute atomic E-state index is 13.7. The quantitative estimate of drug-likeness (QED) is 0.333. The second-order valence-corrected chi connectivity index (χ2v) is 8.76. The molecule has 0 spiro atoms. The van der Waals surface area contributed by atoms with Gasteiger partial charge in [0.25, 0.3) is 5.56 Å². The van der Waals surface area contributed by atoms with E-state index in [1.807, 2.05) is 13.0 Å². The Labute approximate surface area is 226 Å². The van der Waals surface area contributed by atoms with Crippen molar-refractivity contribution in [3.05, 3.63) is 63.4 Å². The van der Waals surface area contributed by atoms with Crippen LogP contribution in [-0.4, -0.2) is 52.8 Å². The molecule has 0 aliphatic carbocycles. The summed E-state index contributed by atoms with van der Waals surface area (Å²) in [4.78, 5) is 12.6. The minimum absolute atomic E-state index is 0.131. The molecule has 0 amide bonds. The molecule has 0 saturated heterocycles. The first kappa shape index (κ1) is 30.0. The summed E-state index contributed by atoms with van der Waals surface area (Å²) in [6.07, 6.45) is -4.00. The van der Waals surface area contributed by atoms with Crippen molar-refractivity contribution in [1.29, 1.82) is 0 Å². The minimum Gasteiger partial charge on any atom is -0.496 e. The molecule has 0 saturated carbocycles. The fourth-order valence-corrected chi connectivity index (χ4v) is 4.55. The molecule has 7 nitrogen and oxygen atoms in total. The molecule has 0 bridgehead atoms. The standard InChI is InChI=1S/C25H24F3NO4.C4H10O2/c1-5-33-20-7-6-15(11-19(20)25(26,27)28)17-10-16-8-9-29-23(30)13-21(31-3)14(2)24(29)18(16)12-22(17)32-4;1-5-3-4-6-2/h6-7,10-13H,5,8-9H2,1-4H3;3-4H2,1-2H3. The second kappa shape index (κ2) is 13.0. The molecular weight excluding hydrogens is 515 g/mol. The fraction of sp³-hybridized carbons (Fsp3) is 0.414. The second-order valence-electron chi connectivity index (χ2n) is 8.76. The Morgan fingerprint density at radius 1 is 0.872 bits per heavy atom. The number of halogens is 3. The predicted molar refractivity (Wildman–Crippen MR) is 143 cm³/mol. The number of rotatable bonds is 8. The van der Waals surface area contributed by atoms with Crippen LogP contribution in [0.15, 0.2) is 41.2 Å². The molecule has 0 radical (unpaired) electrons.